The zero-order chi connectivity index (χ0) is 15.7. The number of nitrogens with one attached hydrogen (secondary N) is 1. The summed E-state index contributed by atoms with van der Waals surface area (Å²) in [6, 6.07) is 10.4. The SMILES string of the molecule is Cc1cccc(-n2c(C)cc(C(=O)N3CCNCC3)c2C)c1. The quantitative estimate of drug-likeness (QED) is 0.924. The molecule has 0 unspecified atom stereocenters. The van der Waals surface area contributed by atoms with Gasteiger partial charge < -0.3 is 14.8 Å². The largest absolute Gasteiger partial charge is 0.336 e. The Kier molecular flexibility index (Phi) is 4.03. The highest BCUT2D eigenvalue weighted by Crippen LogP contribution is 2.22. The van der Waals surface area contributed by atoms with Gasteiger partial charge in [0.2, 0.25) is 0 Å². The highest BCUT2D eigenvalue weighted by molar-refractivity contribution is 5.96. The first-order valence-electron chi connectivity index (χ1n) is 7.84. The number of hydrogen-bond acceptors (Lipinski definition) is 2. The van der Waals surface area contributed by atoms with Crippen molar-refractivity contribution >= 4 is 5.91 Å². The van der Waals surface area contributed by atoms with Gasteiger partial charge in [-0.25, -0.2) is 0 Å². The lowest BCUT2D eigenvalue weighted by Crippen LogP contribution is -2.46. The van der Waals surface area contributed by atoms with Gasteiger partial charge in [0.05, 0.1) is 5.56 Å². The van der Waals surface area contributed by atoms with Crippen LogP contribution in [0.1, 0.15) is 27.3 Å². The van der Waals surface area contributed by atoms with Gasteiger partial charge in [-0.05, 0) is 44.5 Å². The van der Waals surface area contributed by atoms with E-state index in [-0.39, 0.29) is 5.91 Å². The molecule has 1 saturated heterocycles. The lowest BCUT2D eigenvalue weighted by molar-refractivity contribution is 0.0735. The lowest BCUT2D eigenvalue weighted by atomic mass is 10.2. The van der Waals surface area contributed by atoms with Crippen molar-refractivity contribution in [3.63, 3.8) is 0 Å². The van der Waals surface area contributed by atoms with Crippen LogP contribution in [0, 0.1) is 20.8 Å². The maximum atomic E-state index is 12.8. The Hall–Kier alpha value is -2.07. The van der Waals surface area contributed by atoms with E-state index in [0.717, 1.165) is 48.8 Å². The normalized spacial score (nSPS) is 15.1. The van der Waals surface area contributed by atoms with Crippen LogP contribution in [0.2, 0.25) is 0 Å². The second kappa shape index (κ2) is 5.97. The molecule has 1 fully saturated rings. The van der Waals surface area contributed by atoms with Gasteiger partial charge >= 0.3 is 0 Å². The summed E-state index contributed by atoms with van der Waals surface area (Å²) in [5, 5.41) is 3.29. The van der Waals surface area contributed by atoms with E-state index in [1.807, 2.05) is 17.9 Å². The minimum atomic E-state index is 0.147. The molecule has 4 heteroatoms. The van der Waals surface area contributed by atoms with Crippen molar-refractivity contribution in [2.45, 2.75) is 20.8 Å². The Morgan fingerprint density at radius 3 is 2.50 bits per heavy atom. The number of aryl methyl sites for hydroxylation is 2. The van der Waals surface area contributed by atoms with Gasteiger partial charge in [0.1, 0.15) is 0 Å². The Morgan fingerprint density at radius 2 is 1.82 bits per heavy atom. The van der Waals surface area contributed by atoms with Crippen LogP contribution < -0.4 is 5.32 Å². The Morgan fingerprint density at radius 1 is 1.09 bits per heavy atom. The molecule has 2 aromatic rings. The summed E-state index contributed by atoms with van der Waals surface area (Å²) in [6.45, 7) is 9.50. The minimum Gasteiger partial charge on any atom is -0.336 e. The standard InChI is InChI=1S/C18H23N3O/c1-13-5-4-6-16(11-13)21-14(2)12-17(15(21)3)18(22)20-9-7-19-8-10-20/h4-6,11-12,19H,7-10H2,1-3H3. The molecule has 0 atom stereocenters. The molecule has 116 valence electrons. The number of nitrogens with zero attached hydrogens (tertiary/aromatic N) is 2. The van der Waals surface area contributed by atoms with Crippen molar-refractivity contribution < 1.29 is 4.79 Å². The van der Waals surface area contributed by atoms with E-state index < -0.39 is 0 Å². The fourth-order valence-electron chi connectivity index (χ4n) is 3.18. The van der Waals surface area contributed by atoms with Gasteiger partial charge in [0, 0.05) is 43.3 Å². The zero-order valence-corrected chi connectivity index (χ0v) is 13.5. The second-order valence-electron chi connectivity index (χ2n) is 6.00. The number of carbonyl (C=O) groups excluding carboxylic acids is 1. The highest BCUT2D eigenvalue weighted by atomic mass is 16.2. The Labute approximate surface area is 131 Å². The number of rotatable bonds is 2. The van der Waals surface area contributed by atoms with Crippen LogP contribution in [0.4, 0.5) is 0 Å². The molecule has 3 rings (SSSR count). The molecule has 1 aromatic carbocycles. The van der Waals surface area contributed by atoms with Crippen LogP contribution in [-0.4, -0.2) is 41.6 Å². The van der Waals surface area contributed by atoms with E-state index in [0.29, 0.717) is 0 Å². The van der Waals surface area contributed by atoms with Crippen molar-refractivity contribution in [3.8, 4) is 5.69 Å². The predicted octanol–water partition coefficient (Wildman–Crippen LogP) is 2.45. The van der Waals surface area contributed by atoms with Crippen molar-refractivity contribution in [2.24, 2.45) is 0 Å². The molecule has 0 spiro atoms. The second-order valence-corrected chi connectivity index (χ2v) is 6.00. The summed E-state index contributed by atoms with van der Waals surface area (Å²) < 4.78 is 2.17. The number of carbonyl (C=O) groups is 1. The van der Waals surface area contributed by atoms with E-state index in [1.165, 1.54) is 5.56 Å². The van der Waals surface area contributed by atoms with Crippen LogP contribution in [0.25, 0.3) is 5.69 Å². The number of piperazine rings is 1. The van der Waals surface area contributed by atoms with Crippen molar-refractivity contribution in [1.82, 2.24) is 14.8 Å². The van der Waals surface area contributed by atoms with Crippen molar-refractivity contribution in [2.75, 3.05) is 26.2 Å². The molecular weight excluding hydrogens is 274 g/mol. The third-order valence-corrected chi connectivity index (χ3v) is 4.33. The van der Waals surface area contributed by atoms with E-state index in [2.05, 4.69) is 48.0 Å². The first-order chi connectivity index (χ1) is 10.6. The number of amides is 1. The Balaban J connectivity index is 1.98. The molecule has 1 amide bonds. The fourth-order valence-corrected chi connectivity index (χ4v) is 3.18. The lowest BCUT2D eigenvalue weighted by Gasteiger charge is -2.27. The van der Waals surface area contributed by atoms with E-state index in [4.69, 9.17) is 0 Å². The van der Waals surface area contributed by atoms with Gasteiger partial charge in [-0.1, -0.05) is 12.1 Å². The third kappa shape index (κ3) is 2.66. The molecule has 1 aliphatic rings. The molecule has 1 N–H and O–H groups in total. The van der Waals surface area contributed by atoms with Crippen molar-refractivity contribution in [3.05, 3.63) is 52.8 Å². The summed E-state index contributed by atoms with van der Waals surface area (Å²) in [6.07, 6.45) is 0. The molecule has 1 aromatic heterocycles. The van der Waals surface area contributed by atoms with Crippen LogP contribution in [-0.2, 0) is 0 Å². The molecule has 22 heavy (non-hydrogen) atoms. The van der Waals surface area contributed by atoms with Crippen LogP contribution in [0.3, 0.4) is 0 Å². The average Bonchev–Trinajstić information content (AvgIpc) is 2.82. The molecule has 2 heterocycles. The molecule has 4 nitrogen and oxygen atoms in total. The molecular formula is C18H23N3O. The van der Waals surface area contributed by atoms with Crippen LogP contribution >= 0.6 is 0 Å². The molecule has 0 bridgehead atoms. The van der Waals surface area contributed by atoms with Gasteiger partial charge in [-0.2, -0.15) is 0 Å². The molecule has 0 aliphatic carbocycles. The number of benzene rings is 1. The van der Waals surface area contributed by atoms with Crippen LogP contribution in [0.15, 0.2) is 30.3 Å². The molecule has 0 saturated carbocycles. The molecule has 0 radical (unpaired) electrons. The highest BCUT2D eigenvalue weighted by Gasteiger charge is 2.22. The first-order valence-corrected chi connectivity index (χ1v) is 7.84. The molecule has 1 aliphatic heterocycles. The summed E-state index contributed by atoms with van der Waals surface area (Å²) in [5.41, 5.74) is 5.28. The van der Waals surface area contributed by atoms with Gasteiger partial charge in [0.25, 0.3) is 5.91 Å². The number of hydrogen-bond donors (Lipinski definition) is 1. The van der Waals surface area contributed by atoms with Gasteiger partial charge in [0.15, 0.2) is 0 Å². The van der Waals surface area contributed by atoms with E-state index in [1.54, 1.807) is 0 Å². The summed E-state index contributed by atoms with van der Waals surface area (Å²) in [4.78, 5) is 14.7. The average molecular weight is 297 g/mol. The smallest absolute Gasteiger partial charge is 0.255 e. The summed E-state index contributed by atoms with van der Waals surface area (Å²) in [5.74, 6) is 0.147. The van der Waals surface area contributed by atoms with Crippen molar-refractivity contribution in [1.29, 1.82) is 0 Å². The third-order valence-electron chi connectivity index (χ3n) is 4.33. The van der Waals surface area contributed by atoms with Crippen LogP contribution in [0.5, 0.6) is 0 Å². The number of aromatic nitrogens is 1. The van der Waals surface area contributed by atoms with E-state index in [9.17, 15) is 4.79 Å². The predicted molar refractivity (Wildman–Crippen MR) is 88.8 cm³/mol. The monoisotopic (exact) mass is 297 g/mol. The summed E-state index contributed by atoms with van der Waals surface area (Å²) in [7, 11) is 0. The summed E-state index contributed by atoms with van der Waals surface area (Å²) >= 11 is 0. The minimum absolute atomic E-state index is 0.147. The Bertz CT molecular complexity index is 696. The van der Waals surface area contributed by atoms with Gasteiger partial charge in [-0.15, -0.1) is 0 Å². The maximum absolute atomic E-state index is 12.8. The van der Waals surface area contributed by atoms with Gasteiger partial charge in [-0.3, -0.25) is 4.79 Å². The maximum Gasteiger partial charge on any atom is 0.255 e. The zero-order valence-electron chi connectivity index (χ0n) is 13.5. The van der Waals surface area contributed by atoms with E-state index >= 15 is 0 Å². The fraction of sp³-hybridized carbons (Fsp3) is 0.389. The topological polar surface area (TPSA) is 37.3 Å². The first kappa shape index (κ1) is 14.9.